The zero-order valence-corrected chi connectivity index (χ0v) is 14.1. The number of rotatable bonds is 8. The summed E-state index contributed by atoms with van der Waals surface area (Å²) in [5, 5.41) is 11.6. The van der Waals surface area contributed by atoms with E-state index in [1.165, 1.54) is 25.2 Å². The summed E-state index contributed by atoms with van der Waals surface area (Å²) in [7, 11) is 1.37. The van der Waals surface area contributed by atoms with Crippen molar-refractivity contribution in [2.45, 2.75) is 44.6 Å². The fraction of sp³-hybridized carbons (Fsp3) is 0.500. The van der Waals surface area contributed by atoms with Crippen LogP contribution in [-0.4, -0.2) is 42.0 Å². The minimum absolute atomic E-state index is 0.0489. The van der Waals surface area contributed by atoms with Crippen molar-refractivity contribution < 1.29 is 24.2 Å². The van der Waals surface area contributed by atoms with E-state index in [0.29, 0.717) is 5.56 Å². The highest BCUT2D eigenvalue weighted by molar-refractivity contribution is 5.98. The van der Waals surface area contributed by atoms with Crippen LogP contribution in [0.15, 0.2) is 18.2 Å². The van der Waals surface area contributed by atoms with Crippen LogP contribution in [0.1, 0.15) is 47.7 Å². The van der Waals surface area contributed by atoms with E-state index in [1.807, 2.05) is 12.1 Å². The number of carbonyl (C=O) groups is 3. The Balaban J connectivity index is 1.91. The van der Waals surface area contributed by atoms with Gasteiger partial charge in [0, 0.05) is 25.5 Å². The van der Waals surface area contributed by atoms with E-state index in [9.17, 15) is 19.5 Å². The van der Waals surface area contributed by atoms with Gasteiger partial charge >= 0.3 is 5.97 Å². The molecule has 0 heterocycles. The zero-order chi connectivity index (χ0) is 17.7. The number of aliphatic carboxylic acids is 1. The first-order valence-corrected chi connectivity index (χ1v) is 8.04. The number of carboxylic acids is 1. The first kappa shape index (κ1) is 18.1. The van der Waals surface area contributed by atoms with Gasteiger partial charge in [0.2, 0.25) is 5.91 Å². The number of Topliss-reactive ketones (excluding diaryl/α,β-unsaturated/α-hetero) is 1. The smallest absolute Gasteiger partial charge is 0.331 e. The number of carbonyl (C=O) groups excluding carboxylic acids is 2. The first-order valence-electron chi connectivity index (χ1n) is 8.04. The average Bonchev–Trinajstić information content (AvgIpc) is 3.00. The minimum atomic E-state index is -1.50. The summed E-state index contributed by atoms with van der Waals surface area (Å²) >= 11 is 0. The molecule has 0 aromatic heterocycles. The Hall–Kier alpha value is -2.21. The molecule has 0 saturated carbocycles. The van der Waals surface area contributed by atoms with Gasteiger partial charge in [-0.2, -0.15) is 0 Å². The Morgan fingerprint density at radius 3 is 2.58 bits per heavy atom. The number of fused-ring (bicyclic) bond motifs is 1. The normalized spacial score (nSPS) is 15.4. The van der Waals surface area contributed by atoms with Crippen LogP contribution in [0.5, 0.6) is 0 Å². The van der Waals surface area contributed by atoms with Gasteiger partial charge in [0.25, 0.3) is 0 Å². The molecular weight excluding hydrogens is 310 g/mol. The Bertz CT molecular complexity index is 655. The fourth-order valence-electron chi connectivity index (χ4n) is 2.93. The molecule has 130 valence electrons. The molecule has 6 nitrogen and oxygen atoms in total. The van der Waals surface area contributed by atoms with Gasteiger partial charge in [0.15, 0.2) is 11.3 Å². The lowest BCUT2D eigenvalue weighted by atomic mass is 10.0. The Morgan fingerprint density at radius 1 is 1.21 bits per heavy atom. The molecule has 1 aromatic rings. The summed E-state index contributed by atoms with van der Waals surface area (Å²) in [4.78, 5) is 35.5. The summed E-state index contributed by atoms with van der Waals surface area (Å²) < 4.78 is 4.84. The molecule has 2 N–H and O–H groups in total. The predicted molar refractivity (Wildman–Crippen MR) is 88.1 cm³/mol. The van der Waals surface area contributed by atoms with Crippen LogP contribution in [0.25, 0.3) is 0 Å². The van der Waals surface area contributed by atoms with Gasteiger partial charge in [0.1, 0.15) is 0 Å². The molecule has 0 radical (unpaired) electrons. The number of hydrogen-bond donors (Lipinski definition) is 2. The Labute approximate surface area is 141 Å². The van der Waals surface area contributed by atoms with Gasteiger partial charge in [-0.05, 0) is 43.4 Å². The number of ether oxygens (including phenoxy) is 1. The van der Waals surface area contributed by atoms with Crippen LogP contribution in [0, 0.1) is 0 Å². The number of benzene rings is 1. The molecule has 1 amide bonds. The van der Waals surface area contributed by atoms with Crippen molar-refractivity contribution >= 4 is 17.7 Å². The lowest BCUT2D eigenvalue weighted by Crippen LogP contribution is -2.55. The maximum Gasteiger partial charge on any atom is 0.331 e. The lowest BCUT2D eigenvalue weighted by Gasteiger charge is -2.25. The molecule has 0 spiro atoms. The molecule has 1 unspecified atom stereocenters. The summed E-state index contributed by atoms with van der Waals surface area (Å²) in [6, 6.07) is 5.70. The molecule has 1 aliphatic carbocycles. The van der Waals surface area contributed by atoms with Crippen LogP contribution >= 0.6 is 0 Å². The van der Waals surface area contributed by atoms with E-state index in [2.05, 4.69) is 5.32 Å². The molecule has 1 aliphatic rings. The number of aryl methyl sites for hydroxylation is 2. The van der Waals surface area contributed by atoms with Crippen LogP contribution in [-0.2, 0) is 27.2 Å². The quantitative estimate of drug-likeness (QED) is 0.707. The number of carboxylic acid groups (broad SMARTS) is 1. The van der Waals surface area contributed by atoms with Crippen molar-refractivity contribution in [3.63, 3.8) is 0 Å². The van der Waals surface area contributed by atoms with Crippen molar-refractivity contribution in [1.82, 2.24) is 5.32 Å². The molecule has 2 rings (SSSR count). The molecule has 0 bridgehead atoms. The van der Waals surface area contributed by atoms with Crippen molar-refractivity contribution in [3.05, 3.63) is 34.9 Å². The average molecular weight is 333 g/mol. The molecule has 6 heteroatoms. The van der Waals surface area contributed by atoms with E-state index in [4.69, 9.17) is 4.74 Å². The van der Waals surface area contributed by atoms with Crippen LogP contribution in [0.2, 0.25) is 0 Å². The monoisotopic (exact) mass is 333 g/mol. The molecule has 1 atom stereocenters. The topological polar surface area (TPSA) is 92.7 Å². The van der Waals surface area contributed by atoms with Crippen LogP contribution < -0.4 is 5.32 Å². The molecule has 0 saturated heterocycles. The minimum Gasteiger partial charge on any atom is -0.479 e. The maximum absolute atomic E-state index is 12.3. The Morgan fingerprint density at radius 2 is 1.92 bits per heavy atom. The van der Waals surface area contributed by atoms with Crippen molar-refractivity contribution in [2.75, 3.05) is 13.7 Å². The number of nitrogens with one attached hydrogen (secondary N) is 1. The number of methoxy groups -OCH3 is 1. The Kier molecular flexibility index (Phi) is 5.72. The summed E-state index contributed by atoms with van der Waals surface area (Å²) in [5.74, 6) is -1.77. The summed E-state index contributed by atoms with van der Waals surface area (Å²) in [6.45, 7) is 1.23. The van der Waals surface area contributed by atoms with E-state index in [-0.39, 0.29) is 25.2 Å². The van der Waals surface area contributed by atoms with Crippen molar-refractivity contribution in [3.8, 4) is 0 Å². The molecular formula is C18H23NO5. The lowest BCUT2D eigenvalue weighted by molar-refractivity contribution is -0.149. The van der Waals surface area contributed by atoms with Crippen molar-refractivity contribution in [1.29, 1.82) is 0 Å². The van der Waals surface area contributed by atoms with Crippen molar-refractivity contribution in [2.24, 2.45) is 0 Å². The van der Waals surface area contributed by atoms with Crippen LogP contribution in [0.4, 0.5) is 0 Å². The van der Waals surface area contributed by atoms with Gasteiger partial charge in [-0.3, -0.25) is 9.59 Å². The van der Waals surface area contributed by atoms with Gasteiger partial charge in [-0.25, -0.2) is 4.79 Å². The second-order valence-corrected chi connectivity index (χ2v) is 6.38. The van der Waals surface area contributed by atoms with E-state index < -0.39 is 17.4 Å². The maximum atomic E-state index is 12.3. The van der Waals surface area contributed by atoms with E-state index in [0.717, 1.165) is 19.3 Å². The fourth-order valence-corrected chi connectivity index (χ4v) is 2.93. The molecule has 0 aliphatic heterocycles. The standard InChI is InChI=1S/C18H23NO5/c1-18(11-24-2,17(22)23)19-16(21)9-8-15(20)14-7-6-12-4-3-5-13(12)10-14/h6-7,10H,3-5,8-9,11H2,1-2H3,(H,19,21)(H,22,23). The molecule has 0 fully saturated rings. The SMILES string of the molecule is COCC(C)(NC(=O)CCC(=O)c1ccc2c(c1)CCC2)C(=O)O. The highest BCUT2D eigenvalue weighted by Crippen LogP contribution is 2.23. The van der Waals surface area contributed by atoms with Gasteiger partial charge in [0.05, 0.1) is 6.61 Å². The second-order valence-electron chi connectivity index (χ2n) is 6.38. The highest BCUT2D eigenvalue weighted by Gasteiger charge is 2.34. The zero-order valence-electron chi connectivity index (χ0n) is 14.1. The van der Waals surface area contributed by atoms with E-state index >= 15 is 0 Å². The van der Waals surface area contributed by atoms with Crippen LogP contribution in [0.3, 0.4) is 0 Å². The third kappa shape index (κ3) is 4.20. The third-order valence-electron chi connectivity index (χ3n) is 4.32. The number of amides is 1. The largest absolute Gasteiger partial charge is 0.479 e. The molecule has 1 aromatic carbocycles. The second kappa shape index (κ2) is 7.57. The number of hydrogen-bond acceptors (Lipinski definition) is 4. The third-order valence-corrected chi connectivity index (χ3v) is 4.32. The summed E-state index contributed by atoms with van der Waals surface area (Å²) in [6.07, 6.45) is 3.16. The predicted octanol–water partition coefficient (Wildman–Crippen LogP) is 1.74. The van der Waals surface area contributed by atoms with E-state index in [1.54, 1.807) is 6.07 Å². The summed E-state index contributed by atoms with van der Waals surface area (Å²) in [5.41, 5.74) is 1.62. The first-order chi connectivity index (χ1) is 11.4. The van der Waals surface area contributed by atoms with Gasteiger partial charge in [-0.15, -0.1) is 0 Å². The highest BCUT2D eigenvalue weighted by atomic mass is 16.5. The number of ketones is 1. The van der Waals surface area contributed by atoms with Gasteiger partial charge in [-0.1, -0.05) is 12.1 Å². The van der Waals surface area contributed by atoms with Gasteiger partial charge < -0.3 is 15.2 Å². The molecule has 24 heavy (non-hydrogen) atoms.